The van der Waals surface area contributed by atoms with E-state index in [-0.39, 0.29) is 6.10 Å². The molecule has 0 aliphatic rings. The molecule has 90 valence electrons. The van der Waals surface area contributed by atoms with Crippen molar-refractivity contribution in [3.63, 3.8) is 0 Å². The Balaban J connectivity index is 2.54. The predicted molar refractivity (Wildman–Crippen MR) is 68.9 cm³/mol. The Morgan fingerprint density at radius 2 is 2.44 bits per heavy atom. The lowest BCUT2D eigenvalue weighted by Gasteiger charge is -2.13. The van der Waals surface area contributed by atoms with Crippen molar-refractivity contribution in [2.75, 3.05) is 20.7 Å². The Kier molecular flexibility index (Phi) is 5.41. The molecule has 5 heteroatoms. The summed E-state index contributed by atoms with van der Waals surface area (Å²) < 4.78 is 5.22. The fourth-order valence-electron chi connectivity index (χ4n) is 1.31. The second kappa shape index (κ2) is 6.35. The van der Waals surface area contributed by atoms with Crippen LogP contribution >= 0.6 is 22.9 Å². The smallest absolute Gasteiger partial charge is 0.122 e. The topological polar surface area (TPSA) is 25.4 Å². The molecular formula is C11H17ClN2OS. The number of methoxy groups -OCH3 is 1. The molecule has 1 aromatic heterocycles. The second-order valence-electron chi connectivity index (χ2n) is 3.74. The molecular weight excluding hydrogens is 244 g/mol. The van der Waals surface area contributed by atoms with Gasteiger partial charge in [-0.05, 0) is 14.0 Å². The maximum Gasteiger partial charge on any atom is 0.122 e. The van der Waals surface area contributed by atoms with Gasteiger partial charge in [-0.2, -0.15) is 0 Å². The molecule has 1 aromatic rings. The summed E-state index contributed by atoms with van der Waals surface area (Å²) >= 11 is 7.37. The molecule has 3 nitrogen and oxygen atoms in total. The Morgan fingerprint density at radius 3 is 3.00 bits per heavy atom. The third-order valence-electron chi connectivity index (χ3n) is 2.14. The van der Waals surface area contributed by atoms with Gasteiger partial charge in [0.15, 0.2) is 0 Å². The van der Waals surface area contributed by atoms with Crippen LogP contribution in [0.3, 0.4) is 0 Å². The number of aromatic nitrogens is 1. The number of hydrogen-bond acceptors (Lipinski definition) is 4. The van der Waals surface area contributed by atoms with Crippen molar-refractivity contribution in [2.24, 2.45) is 0 Å². The fraction of sp³-hybridized carbons (Fsp3) is 0.545. The molecule has 0 aromatic carbocycles. The highest BCUT2D eigenvalue weighted by atomic mass is 35.5. The first-order valence-electron chi connectivity index (χ1n) is 5.02. The molecule has 0 aliphatic heterocycles. The minimum atomic E-state index is 0.0621. The van der Waals surface area contributed by atoms with Crippen LogP contribution in [0.5, 0.6) is 0 Å². The molecule has 0 N–H and O–H groups in total. The molecule has 0 saturated heterocycles. The van der Waals surface area contributed by atoms with E-state index in [0.29, 0.717) is 11.6 Å². The SMILES string of the molecule is C=C(Cl)CN(C)Cc1csc([C@H](C)OC)n1. The summed E-state index contributed by atoms with van der Waals surface area (Å²) in [6.45, 7) is 7.11. The van der Waals surface area contributed by atoms with Gasteiger partial charge in [0, 0.05) is 30.6 Å². The molecule has 1 heterocycles. The first kappa shape index (κ1) is 13.6. The highest BCUT2D eigenvalue weighted by molar-refractivity contribution is 7.09. The maximum absolute atomic E-state index is 5.74. The third kappa shape index (κ3) is 4.22. The molecule has 0 aliphatic carbocycles. The highest BCUT2D eigenvalue weighted by Crippen LogP contribution is 2.21. The standard InChI is InChI=1S/C11H17ClN2OS/c1-8(12)5-14(3)6-10-7-16-11(13-10)9(2)15-4/h7,9H,1,5-6H2,2-4H3/t9-/m0/s1. The number of hydrogen-bond donors (Lipinski definition) is 0. The number of nitrogens with zero attached hydrogens (tertiary/aromatic N) is 2. The molecule has 1 rings (SSSR count). The van der Waals surface area contributed by atoms with Crippen molar-refractivity contribution in [1.82, 2.24) is 9.88 Å². The Morgan fingerprint density at radius 1 is 1.75 bits per heavy atom. The summed E-state index contributed by atoms with van der Waals surface area (Å²) in [5.41, 5.74) is 1.05. The van der Waals surface area contributed by atoms with Gasteiger partial charge in [-0.3, -0.25) is 4.90 Å². The predicted octanol–water partition coefficient (Wildman–Crippen LogP) is 3.03. The lowest BCUT2D eigenvalue weighted by atomic mass is 10.4. The molecule has 0 fully saturated rings. The molecule has 0 amide bonds. The van der Waals surface area contributed by atoms with Crippen LogP contribution in [0.1, 0.15) is 23.7 Å². The zero-order chi connectivity index (χ0) is 12.1. The quantitative estimate of drug-likeness (QED) is 0.786. The first-order chi connectivity index (χ1) is 7.52. The highest BCUT2D eigenvalue weighted by Gasteiger charge is 2.10. The maximum atomic E-state index is 5.74. The minimum Gasteiger partial charge on any atom is -0.375 e. The fourth-order valence-corrected chi connectivity index (χ4v) is 2.35. The van der Waals surface area contributed by atoms with Crippen LogP contribution in [0.4, 0.5) is 0 Å². The van der Waals surface area contributed by atoms with E-state index in [0.717, 1.165) is 17.2 Å². The zero-order valence-corrected chi connectivity index (χ0v) is 11.4. The molecule has 16 heavy (non-hydrogen) atoms. The van der Waals surface area contributed by atoms with Gasteiger partial charge in [-0.1, -0.05) is 18.2 Å². The van der Waals surface area contributed by atoms with Gasteiger partial charge in [0.05, 0.1) is 5.69 Å². The monoisotopic (exact) mass is 260 g/mol. The van der Waals surface area contributed by atoms with Gasteiger partial charge in [-0.15, -0.1) is 11.3 Å². The molecule has 0 radical (unpaired) electrons. The molecule has 0 unspecified atom stereocenters. The second-order valence-corrected chi connectivity index (χ2v) is 5.17. The van der Waals surface area contributed by atoms with Crippen molar-refractivity contribution in [3.05, 3.63) is 27.7 Å². The minimum absolute atomic E-state index is 0.0621. The summed E-state index contributed by atoms with van der Waals surface area (Å²) in [5, 5.41) is 3.71. The molecule has 0 spiro atoms. The van der Waals surface area contributed by atoms with Gasteiger partial charge in [0.25, 0.3) is 0 Å². The Bertz CT molecular complexity index is 354. The van der Waals surface area contributed by atoms with E-state index in [4.69, 9.17) is 16.3 Å². The van der Waals surface area contributed by atoms with Crippen molar-refractivity contribution in [3.8, 4) is 0 Å². The lowest BCUT2D eigenvalue weighted by molar-refractivity contribution is 0.119. The number of ether oxygens (including phenoxy) is 1. The Hall–Kier alpha value is -0.420. The molecule has 1 atom stereocenters. The third-order valence-corrected chi connectivity index (χ3v) is 3.32. The average molecular weight is 261 g/mol. The summed E-state index contributed by atoms with van der Waals surface area (Å²) in [5.74, 6) is 0. The normalized spacial score (nSPS) is 13.1. The van der Waals surface area contributed by atoms with Crippen molar-refractivity contribution < 1.29 is 4.74 Å². The van der Waals surface area contributed by atoms with E-state index in [2.05, 4.69) is 21.8 Å². The van der Waals surface area contributed by atoms with Crippen LogP contribution in [0.25, 0.3) is 0 Å². The van der Waals surface area contributed by atoms with Crippen molar-refractivity contribution >= 4 is 22.9 Å². The van der Waals surface area contributed by atoms with Crippen LogP contribution in [0.15, 0.2) is 17.0 Å². The van der Waals surface area contributed by atoms with Gasteiger partial charge in [0.1, 0.15) is 11.1 Å². The van der Waals surface area contributed by atoms with Crippen molar-refractivity contribution in [1.29, 1.82) is 0 Å². The van der Waals surface area contributed by atoms with E-state index >= 15 is 0 Å². The summed E-state index contributed by atoms with van der Waals surface area (Å²) in [6.07, 6.45) is 0.0621. The van der Waals surface area contributed by atoms with Crippen LogP contribution < -0.4 is 0 Å². The van der Waals surface area contributed by atoms with Gasteiger partial charge in [0.2, 0.25) is 0 Å². The summed E-state index contributed by atoms with van der Waals surface area (Å²) in [4.78, 5) is 6.58. The molecule has 0 saturated carbocycles. The van der Waals surface area contributed by atoms with E-state index in [1.165, 1.54) is 0 Å². The van der Waals surface area contributed by atoms with Gasteiger partial charge in [-0.25, -0.2) is 4.98 Å². The van der Waals surface area contributed by atoms with Crippen LogP contribution in [0, 0.1) is 0 Å². The Labute approximate surface area is 106 Å². The molecule has 0 bridgehead atoms. The zero-order valence-electron chi connectivity index (χ0n) is 9.86. The van der Waals surface area contributed by atoms with E-state index < -0.39 is 0 Å². The van der Waals surface area contributed by atoms with Crippen LogP contribution in [-0.2, 0) is 11.3 Å². The number of rotatable bonds is 6. The van der Waals surface area contributed by atoms with Crippen LogP contribution in [-0.4, -0.2) is 30.6 Å². The first-order valence-corrected chi connectivity index (χ1v) is 6.27. The number of likely N-dealkylation sites (N-methyl/N-ethyl adjacent to an activating group) is 1. The summed E-state index contributed by atoms with van der Waals surface area (Å²) in [7, 11) is 3.68. The van der Waals surface area contributed by atoms with E-state index in [1.54, 1.807) is 18.4 Å². The summed E-state index contributed by atoms with van der Waals surface area (Å²) in [6, 6.07) is 0. The van der Waals surface area contributed by atoms with Crippen molar-refractivity contribution in [2.45, 2.75) is 19.6 Å². The van der Waals surface area contributed by atoms with Gasteiger partial charge < -0.3 is 4.74 Å². The van der Waals surface area contributed by atoms with E-state index in [1.807, 2.05) is 14.0 Å². The number of halogens is 1. The lowest BCUT2D eigenvalue weighted by Crippen LogP contribution is -2.19. The average Bonchev–Trinajstić information content (AvgIpc) is 2.63. The largest absolute Gasteiger partial charge is 0.375 e. The number of thiazole rings is 1. The van der Waals surface area contributed by atoms with E-state index in [9.17, 15) is 0 Å². The van der Waals surface area contributed by atoms with Crippen LogP contribution in [0.2, 0.25) is 0 Å². The van der Waals surface area contributed by atoms with Gasteiger partial charge >= 0.3 is 0 Å².